The zero-order valence-corrected chi connectivity index (χ0v) is 15.3. The number of carbonyl (C=O) groups is 2. The van der Waals surface area contributed by atoms with Gasteiger partial charge in [-0.3, -0.25) is 9.59 Å². The number of rotatable bonds is 2. The van der Waals surface area contributed by atoms with Gasteiger partial charge in [0.15, 0.2) is 11.6 Å². The Labute approximate surface area is 158 Å². The fraction of sp³-hybridized carbons (Fsp3) is 0.130. The van der Waals surface area contributed by atoms with Crippen LogP contribution in [-0.4, -0.2) is 25.7 Å². The first kappa shape index (κ1) is 17.0. The highest BCUT2D eigenvalue weighted by Gasteiger charge is 2.28. The van der Waals surface area contributed by atoms with Crippen LogP contribution in [0.4, 0.5) is 22.7 Å². The van der Waals surface area contributed by atoms with Gasteiger partial charge in [0.2, 0.25) is 0 Å². The molecule has 4 nitrogen and oxygen atoms in total. The standard InChI is InChI=1S/C23H20N2O2/c1-24(2)16-11-13-17(14-12-16)25-20-9-5-3-7-18(20)22(26)15-23(27)19-8-4-6-10-21(19)25/h3-14H,15H2,1-2H3. The molecule has 0 bridgehead atoms. The number of fused-ring (bicyclic) bond motifs is 2. The second-order valence-corrected chi connectivity index (χ2v) is 6.80. The molecule has 0 aromatic heterocycles. The summed E-state index contributed by atoms with van der Waals surface area (Å²) in [6, 6.07) is 23.0. The van der Waals surface area contributed by atoms with Crippen molar-refractivity contribution in [1.82, 2.24) is 0 Å². The van der Waals surface area contributed by atoms with Gasteiger partial charge in [0.1, 0.15) is 0 Å². The Bertz CT molecular complexity index is 965. The molecule has 0 amide bonds. The zero-order valence-electron chi connectivity index (χ0n) is 15.3. The van der Waals surface area contributed by atoms with E-state index in [2.05, 4.69) is 0 Å². The summed E-state index contributed by atoms with van der Waals surface area (Å²) < 4.78 is 0. The largest absolute Gasteiger partial charge is 0.378 e. The fourth-order valence-corrected chi connectivity index (χ4v) is 3.45. The van der Waals surface area contributed by atoms with Crippen LogP contribution < -0.4 is 9.80 Å². The number of Topliss-reactive ketones (excluding diaryl/α,β-unsaturated/α-hetero) is 2. The van der Waals surface area contributed by atoms with Crippen LogP contribution in [0.1, 0.15) is 27.1 Å². The maximum absolute atomic E-state index is 12.7. The van der Waals surface area contributed by atoms with Gasteiger partial charge in [-0.15, -0.1) is 0 Å². The van der Waals surface area contributed by atoms with E-state index in [-0.39, 0.29) is 18.0 Å². The van der Waals surface area contributed by atoms with Gasteiger partial charge in [0, 0.05) is 36.6 Å². The Hall–Kier alpha value is -3.40. The van der Waals surface area contributed by atoms with Crippen LogP contribution in [0.3, 0.4) is 0 Å². The topological polar surface area (TPSA) is 40.6 Å². The van der Waals surface area contributed by atoms with E-state index in [0.717, 1.165) is 22.7 Å². The van der Waals surface area contributed by atoms with E-state index in [0.29, 0.717) is 11.1 Å². The molecule has 1 heterocycles. The van der Waals surface area contributed by atoms with Crippen LogP contribution >= 0.6 is 0 Å². The van der Waals surface area contributed by atoms with Crippen molar-refractivity contribution in [3.63, 3.8) is 0 Å². The minimum atomic E-state index is -0.153. The normalized spacial score (nSPS) is 13.5. The molecule has 0 spiro atoms. The lowest BCUT2D eigenvalue weighted by molar-refractivity contribution is 0.0894. The summed E-state index contributed by atoms with van der Waals surface area (Å²) in [6.45, 7) is 0. The second-order valence-electron chi connectivity index (χ2n) is 6.80. The third kappa shape index (κ3) is 2.99. The Kier molecular flexibility index (Phi) is 4.24. The molecule has 0 N–H and O–H groups in total. The van der Waals surface area contributed by atoms with Crippen molar-refractivity contribution in [3.05, 3.63) is 83.9 Å². The van der Waals surface area contributed by atoms with Crippen molar-refractivity contribution in [1.29, 1.82) is 0 Å². The van der Waals surface area contributed by atoms with E-state index in [1.54, 1.807) is 12.1 Å². The highest BCUT2D eigenvalue weighted by Crippen LogP contribution is 2.41. The first-order valence-corrected chi connectivity index (χ1v) is 8.88. The molecule has 3 aromatic rings. The monoisotopic (exact) mass is 356 g/mol. The minimum absolute atomic E-state index is 0.110. The van der Waals surface area contributed by atoms with Crippen LogP contribution in [-0.2, 0) is 0 Å². The lowest BCUT2D eigenvalue weighted by Crippen LogP contribution is -2.22. The smallest absolute Gasteiger partial charge is 0.172 e. The molecular weight excluding hydrogens is 336 g/mol. The van der Waals surface area contributed by atoms with Gasteiger partial charge >= 0.3 is 0 Å². The number of hydrogen-bond donors (Lipinski definition) is 0. The number of ketones is 2. The number of anilines is 4. The lowest BCUT2D eigenvalue weighted by Gasteiger charge is -2.30. The van der Waals surface area contributed by atoms with Crippen molar-refractivity contribution in [2.75, 3.05) is 23.9 Å². The molecule has 0 fully saturated rings. The molecule has 0 saturated carbocycles. The molecule has 0 radical (unpaired) electrons. The highest BCUT2D eigenvalue weighted by molar-refractivity contribution is 6.19. The molecule has 4 rings (SSSR count). The van der Waals surface area contributed by atoms with Gasteiger partial charge in [-0.05, 0) is 48.5 Å². The van der Waals surface area contributed by atoms with E-state index in [1.165, 1.54) is 0 Å². The Morgan fingerprint density at radius 3 is 1.67 bits per heavy atom. The summed E-state index contributed by atoms with van der Waals surface area (Å²) in [5, 5.41) is 0. The van der Waals surface area contributed by atoms with Gasteiger partial charge in [-0.1, -0.05) is 24.3 Å². The first-order chi connectivity index (χ1) is 13.1. The van der Waals surface area contributed by atoms with Crippen molar-refractivity contribution < 1.29 is 9.59 Å². The predicted molar refractivity (Wildman–Crippen MR) is 109 cm³/mol. The second kappa shape index (κ2) is 6.72. The third-order valence-corrected chi connectivity index (χ3v) is 4.84. The summed E-state index contributed by atoms with van der Waals surface area (Å²) in [6.07, 6.45) is -0.110. The zero-order chi connectivity index (χ0) is 19.0. The molecule has 134 valence electrons. The van der Waals surface area contributed by atoms with E-state index in [1.807, 2.05) is 84.6 Å². The molecule has 3 aromatic carbocycles. The maximum Gasteiger partial charge on any atom is 0.172 e. The summed E-state index contributed by atoms with van der Waals surface area (Å²) in [5.41, 5.74) is 4.71. The summed E-state index contributed by atoms with van der Waals surface area (Å²) >= 11 is 0. The van der Waals surface area contributed by atoms with E-state index >= 15 is 0 Å². The average Bonchev–Trinajstić information content (AvgIpc) is 2.68. The Balaban J connectivity index is 1.98. The number of carbonyl (C=O) groups excluding carboxylic acids is 2. The minimum Gasteiger partial charge on any atom is -0.378 e. The summed E-state index contributed by atoms with van der Waals surface area (Å²) in [5.74, 6) is -0.306. The molecule has 27 heavy (non-hydrogen) atoms. The SMILES string of the molecule is CN(C)c1ccc(N2c3ccccc3C(=O)CC(=O)c3ccccc32)cc1. The number of para-hydroxylation sites is 2. The molecular formula is C23H20N2O2. The third-order valence-electron chi connectivity index (χ3n) is 4.84. The first-order valence-electron chi connectivity index (χ1n) is 8.88. The van der Waals surface area contributed by atoms with Crippen LogP contribution in [0.5, 0.6) is 0 Å². The van der Waals surface area contributed by atoms with E-state index < -0.39 is 0 Å². The summed E-state index contributed by atoms with van der Waals surface area (Å²) in [7, 11) is 3.99. The predicted octanol–water partition coefficient (Wildman–Crippen LogP) is 4.99. The van der Waals surface area contributed by atoms with E-state index in [4.69, 9.17) is 0 Å². The molecule has 0 aliphatic carbocycles. The average molecular weight is 356 g/mol. The molecule has 0 saturated heterocycles. The fourth-order valence-electron chi connectivity index (χ4n) is 3.45. The number of nitrogens with zero attached hydrogens (tertiary/aromatic N) is 2. The lowest BCUT2D eigenvalue weighted by atomic mass is 9.94. The van der Waals surface area contributed by atoms with Crippen molar-refractivity contribution in [3.8, 4) is 0 Å². The summed E-state index contributed by atoms with van der Waals surface area (Å²) in [4.78, 5) is 29.5. The van der Waals surface area contributed by atoms with Gasteiger partial charge in [0.05, 0.1) is 17.8 Å². The maximum atomic E-state index is 12.7. The van der Waals surface area contributed by atoms with Crippen LogP contribution in [0, 0.1) is 0 Å². The van der Waals surface area contributed by atoms with Crippen LogP contribution in [0.2, 0.25) is 0 Å². The van der Waals surface area contributed by atoms with Crippen molar-refractivity contribution >= 4 is 34.3 Å². The quantitative estimate of drug-likeness (QED) is 0.607. The Morgan fingerprint density at radius 1 is 0.704 bits per heavy atom. The van der Waals surface area contributed by atoms with Crippen LogP contribution in [0.25, 0.3) is 0 Å². The van der Waals surface area contributed by atoms with Crippen LogP contribution in [0.15, 0.2) is 72.8 Å². The number of benzene rings is 3. The molecule has 0 atom stereocenters. The molecule has 4 heteroatoms. The van der Waals surface area contributed by atoms with Gasteiger partial charge in [-0.25, -0.2) is 0 Å². The van der Waals surface area contributed by atoms with Gasteiger partial charge in [0.25, 0.3) is 0 Å². The van der Waals surface area contributed by atoms with Gasteiger partial charge in [-0.2, -0.15) is 0 Å². The molecule has 1 aliphatic heterocycles. The van der Waals surface area contributed by atoms with E-state index in [9.17, 15) is 9.59 Å². The highest BCUT2D eigenvalue weighted by atomic mass is 16.1. The molecule has 0 unspecified atom stereocenters. The number of hydrogen-bond acceptors (Lipinski definition) is 4. The van der Waals surface area contributed by atoms with Gasteiger partial charge < -0.3 is 9.80 Å². The Morgan fingerprint density at radius 2 is 1.19 bits per heavy atom. The van der Waals surface area contributed by atoms with Crippen molar-refractivity contribution in [2.45, 2.75) is 6.42 Å². The van der Waals surface area contributed by atoms with Crippen molar-refractivity contribution in [2.24, 2.45) is 0 Å². The molecule has 1 aliphatic rings.